The molecule has 92 valence electrons. The maximum Gasteiger partial charge on any atom is 0.184 e. The van der Waals surface area contributed by atoms with Gasteiger partial charge in [-0.15, -0.1) is 11.3 Å². The number of aryl methyl sites for hydroxylation is 1. The molecule has 0 radical (unpaired) electrons. The fourth-order valence-electron chi connectivity index (χ4n) is 1.76. The first kappa shape index (κ1) is 11.5. The highest BCUT2D eigenvalue weighted by atomic mass is 32.1. The smallest absolute Gasteiger partial charge is 0.184 e. The maximum atomic E-state index is 5.76. The summed E-state index contributed by atoms with van der Waals surface area (Å²) in [7, 11) is 0. The summed E-state index contributed by atoms with van der Waals surface area (Å²) in [6.45, 7) is 2.96. The Hall–Kier alpha value is -1.59. The van der Waals surface area contributed by atoms with Gasteiger partial charge in [-0.2, -0.15) is 0 Å². The summed E-state index contributed by atoms with van der Waals surface area (Å²) in [5, 5.41) is 6.44. The number of hydrogen-bond acceptors (Lipinski definition) is 5. The van der Waals surface area contributed by atoms with Gasteiger partial charge in [-0.3, -0.25) is 0 Å². The zero-order valence-corrected chi connectivity index (χ0v) is 11.6. The van der Waals surface area contributed by atoms with Crippen LogP contribution in [0.1, 0.15) is 10.4 Å². The summed E-state index contributed by atoms with van der Waals surface area (Å²) in [5.41, 5.74) is 8.88. The Morgan fingerprint density at radius 3 is 3.00 bits per heavy atom. The number of anilines is 2. The molecule has 0 fully saturated rings. The van der Waals surface area contributed by atoms with Gasteiger partial charge < -0.3 is 11.1 Å². The molecule has 3 N–H and O–H groups in total. The molecule has 3 rings (SSSR count). The fourth-order valence-corrected chi connectivity index (χ4v) is 3.51. The molecule has 0 saturated heterocycles. The summed E-state index contributed by atoms with van der Waals surface area (Å²) in [6.07, 6.45) is 0. The number of thiophene rings is 1. The Morgan fingerprint density at radius 2 is 2.22 bits per heavy atom. The van der Waals surface area contributed by atoms with Crippen LogP contribution in [0.2, 0.25) is 0 Å². The number of nitrogens with two attached hydrogens (primary N) is 1. The number of aromatic nitrogens is 1. The topological polar surface area (TPSA) is 50.9 Å². The summed E-state index contributed by atoms with van der Waals surface area (Å²) in [4.78, 5) is 5.89. The monoisotopic (exact) mass is 275 g/mol. The Kier molecular flexibility index (Phi) is 2.93. The van der Waals surface area contributed by atoms with E-state index in [2.05, 4.69) is 28.7 Å². The molecule has 0 saturated carbocycles. The molecule has 3 nitrogen and oxygen atoms in total. The second-order valence-electron chi connectivity index (χ2n) is 4.13. The van der Waals surface area contributed by atoms with Gasteiger partial charge >= 0.3 is 0 Å². The average Bonchev–Trinajstić information content (AvgIpc) is 2.92. The molecule has 0 atom stereocenters. The average molecular weight is 275 g/mol. The lowest BCUT2D eigenvalue weighted by molar-refractivity contribution is 1.16. The van der Waals surface area contributed by atoms with Gasteiger partial charge in [-0.1, -0.05) is 11.3 Å². The zero-order chi connectivity index (χ0) is 12.5. The number of benzene rings is 1. The summed E-state index contributed by atoms with van der Waals surface area (Å²) < 4.78 is 1.13. The molecule has 18 heavy (non-hydrogen) atoms. The number of hydrogen-bond donors (Lipinski definition) is 2. The molecule has 2 heterocycles. The van der Waals surface area contributed by atoms with E-state index in [1.807, 2.05) is 18.2 Å². The van der Waals surface area contributed by atoms with E-state index in [-0.39, 0.29) is 0 Å². The molecule has 0 aliphatic rings. The molecular weight excluding hydrogens is 262 g/mol. The molecule has 2 aromatic heterocycles. The quantitative estimate of drug-likeness (QED) is 0.714. The van der Waals surface area contributed by atoms with Crippen molar-refractivity contribution < 1.29 is 0 Å². The molecule has 5 heteroatoms. The highest BCUT2D eigenvalue weighted by Crippen LogP contribution is 2.28. The third-order valence-electron chi connectivity index (χ3n) is 2.78. The van der Waals surface area contributed by atoms with Crippen molar-refractivity contribution in [2.75, 3.05) is 11.1 Å². The van der Waals surface area contributed by atoms with Crippen LogP contribution in [0, 0.1) is 6.92 Å². The standard InChI is InChI=1S/C13H13N3S2/c1-8-4-5-17-12(8)7-15-13-16-10-3-2-9(14)6-11(10)18-13/h2-6H,7,14H2,1H3,(H,15,16). The Bertz CT molecular complexity index is 684. The molecule has 3 aromatic rings. The molecule has 1 aromatic carbocycles. The number of thiazole rings is 1. The van der Waals surface area contributed by atoms with E-state index in [9.17, 15) is 0 Å². The Morgan fingerprint density at radius 1 is 1.33 bits per heavy atom. The molecule has 0 bridgehead atoms. The Balaban J connectivity index is 1.81. The van der Waals surface area contributed by atoms with Gasteiger partial charge in [0.1, 0.15) is 0 Å². The first-order valence-electron chi connectivity index (χ1n) is 5.65. The number of rotatable bonds is 3. The van der Waals surface area contributed by atoms with Crippen LogP contribution in [-0.4, -0.2) is 4.98 Å². The van der Waals surface area contributed by atoms with Gasteiger partial charge in [-0.05, 0) is 42.1 Å². The molecule has 0 aliphatic carbocycles. The van der Waals surface area contributed by atoms with Crippen molar-refractivity contribution in [3.63, 3.8) is 0 Å². The first-order valence-corrected chi connectivity index (χ1v) is 7.35. The number of nitrogen functional groups attached to an aromatic ring is 1. The van der Waals surface area contributed by atoms with Crippen LogP contribution in [0.4, 0.5) is 10.8 Å². The zero-order valence-electron chi connectivity index (χ0n) is 9.93. The summed E-state index contributed by atoms with van der Waals surface area (Å²) >= 11 is 3.41. The van der Waals surface area contributed by atoms with E-state index in [0.717, 1.165) is 27.6 Å². The van der Waals surface area contributed by atoms with E-state index in [0.29, 0.717) is 0 Å². The van der Waals surface area contributed by atoms with Crippen LogP contribution in [0.25, 0.3) is 10.2 Å². The third-order valence-corrected chi connectivity index (χ3v) is 4.78. The summed E-state index contributed by atoms with van der Waals surface area (Å²) in [5.74, 6) is 0. The predicted octanol–water partition coefficient (Wildman–Crippen LogP) is 3.86. The predicted molar refractivity (Wildman–Crippen MR) is 80.4 cm³/mol. The van der Waals surface area contributed by atoms with Gasteiger partial charge in [0.15, 0.2) is 5.13 Å². The van der Waals surface area contributed by atoms with Gasteiger partial charge in [0, 0.05) is 10.6 Å². The van der Waals surface area contributed by atoms with Crippen LogP contribution in [-0.2, 0) is 6.54 Å². The van der Waals surface area contributed by atoms with Crippen molar-refractivity contribution in [3.8, 4) is 0 Å². The molecule has 0 unspecified atom stereocenters. The third kappa shape index (κ3) is 2.19. The van der Waals surface area contributed by atoms with Gasteiger partial charge in [0.2, 0.25) is 0 Å². The van der Waals surface area contributed by atoms with Gasteiger partial charge in [0.25, 0.3) is 0 Å². The van der Waals surface area contributed by atoms with Crippen LogP contribution >= 0.6 is 22.7 Å². The van der Waals surface area contributed by atoms with E-state index >= 15 is 0 Å². The minimum atomic E-state index is 0.784. The van der Waals surface area contributed by atoms with Crippen molar-refractivity contribution in [3.05, 3.63) is 40.1 Å². The molecule has 0 aliphatic heterocycles. The number of nitrogens with one attached hydrogen (secondary N) is 1. The van der Waals surface area contributed by atoms with Crippen LogP contribution < -0.4 is 11.1 Å². The SMILES string of the molecule is Cc1ccsc1CNc1nc2ccc(N)cc2s1. The maximum absolute atomic E-state index is 5.76. The van der Waals surface area contributed by atoms with Crippen molar-refractivity contribution in [2.24, 2.45) is 0 Å². The van der Waals surface area contributed by atoms with Crippen molar-refractivity contribution >= 4 is 43.7 Å². The number of fused-ring (bicyclic) bond motifs is 1. The second kappa shape index (κ2) is 4.59. The highest BCUT2D eigenvalue weighted by molar-refractivity contribution is 7.22. The second-order valence-corrected chi connectivity index (χ2v) is 6.16. The lowest BCUT2D eigenvalue weighted by Crippen LogP contribution is -1.97. The minimum Gasteiger partial charge on any atom is -0.399 e. The minimum absolute atomic E-state index is 0.784. The van der Waals surface area contributed by atoms with Gasteiger partial charge in [0.05, 0.1) is 16.8 Å². The Labute approximate surface area is 113 Å². The molecule has 0 spiro atoms. The van der Waals surface area contributed by atoms with Crippen molar-refractivity contribution in [2.45, 2.75) is 13.5 Å². The summed E-state index contributed by atoms with van der Waals surface area (Å²) in [6, 6.07) is 7.95. The van der Waals surface area contributed by atoms with Gasteiger partial charge in [-0.25, -0.2) is 4.98 Å². The highest BCUT2D eigenvalue weighted by Gasteiger charge is 2.05. The van der Waals surface area contributed by atoms with E-state index in [4.69, 9.17) is 5.73 Å². The largest absolute Gasteiger partial charge is 0.399 e. The lowest BCUT2D eigenvalue weighted by atomic mass is 10.3. The molecular formula is C13H13N3S2. The van der Waals surface area contributed by atoms with E-state index in [1.165, 1.54) is 10.4 Å². The van der Waals surface area contributed by atoms with E-state index < -0.39 is 0 Å². The first-order chi connectivity index (χ1) is 8.72. The van der Waals surface area contributed by atoms with E-state index in [1.54, 1.807) is 22.7 Å². The van der Waals surface area contributed by atoms with Crippen LogP contribution in [0.5, 0.6) is 0 Å². The lowest BCUT2D eigenvalue weighted by Gasteiger charge is -2.00. The molecule has 0 amide bonds. The number of nitrogens with zero attached hydrogens (tertiary/aromatic N) is 1. The normalized spacial score (nSPS) is 10.9. The fraction of sp³-hybridized carbons (Fsp3) is 0.154. The van der Waals surface area contributed by atoms with Crippen LogP contribution in [0.3, 0.4) is 0 Å². The van der Waals surface area contributed by atoms with Crippen LogP contribution in [0.15, 0.2) is 29.6 Å². The van der Waals surface area contributed by atoms with Crippen molar-refractivity contribution in [1.29, 1.82) is 0 Å². The van der Waals surface area contributed by atoms with Crippen molar-refractivity contribution in [1.82, 2.24) is 4.98 Å².